The van der Waals surface area contributed by atoms with E-state index in [-0.39, 0.29) is 6.42 Å². The zero-order valence-corrected chi connectivity index (χ0v) is 6.09. The van der Waals surface area contributed by atoms with Crippen LogP contribution in [-0.4, -0.2) is 21.3 Å². The molecule has 5 heteroatoms. The van der Waals surface area contributed by atoms with Crippen molar-refractivity contribution in [2.24, 2.45) is 0 Å². The van der Waals surface area contributed by atoms with Crippen LogP contribution in [0.5, 0.6) is 0 Å². The maximum atomic E-state index is 10.3. The number of anilines is 1. The van der Waals surface area contributed by atoms with Gasteiger partial charge in [-0.2, -0.15) is 5.10 Å². The Kier molecular flexibility index (Phi) is 1.80. The summed E-state index contributed by atoms with van der Waals surface area (Å²) >= 11 is 0. The molecule has 1 heterocycles. The lowest BCUT2D eigenvalue weighted by Gasteiger charge is -1.93. The average molecular weight is 155 g/mol. The molecule has 1 aromatic rings. The van der Waals surface area contributed by atoms with Crippen molar-refractivity contribution < 1.29 is 9.90 Å². The number of carboxylic acid groups (broad SMARTS) is 1. The second-order valence-corrected chi connectivity index (χ2v) is 2.27. The third-order valence-electron chi connectivity index (χ3n) is 1.43. The van der Waals surface area contributed by atoms with Crippen molar-refractivity contribution in [2.75, 3.05) is 5.73 Å². The molecule has 0 aliphatic carbocycles. The number of nitrogens with zero attached hydrogens (tertiary/aromatic N) is 1. The Morgan fingerprint density at radius 2 is 2.45 bits per heavy atom. The highest BCUT2D eigenvalue weighted by Gasteiger charge is 2.09. The van der Waals surface area contributed by atoms with Gasteiger partial charge in [0.05, 0.1) is 12.1 Å². The molecule has 0 radical (unpaired) electrons. The fraction of sp³-hybridized carbons (Fsp3) is 0.333. The number of nitrogen functional groups attached to an aromatic ring is 1. The minimum absolute atomic E-state index is 0.0752. The van der Waals surface area contributed by atoms with Gasteiger partial charge in [0, 0.05) is 5.56 Å². The number of aliphatic carboxylic acids is 1. The molecule has 0 aliphatic rings. The maximum absolute atomic E-state index is 10.3. The minimum atomic E-state index is -0.902. The number of H-pyrrole nitrogens is 1. The Bertz CT molecular complexity index is 260. The van der Waals surface area contributed by atoms with Crippen molar-refractivity contribution in [3.05, 3.63) is 11.3 Å². The highest BCUT2D eigenvalue weighted by atomic mass is 16.4. The Labute approximate surface area is 63.2 Å². The number of carbonyl (C=O) groups is 1. The highest BCUT2D eigenvalue weighted by Crippen LogP contribution is 2.12. The molecule has 0 aliphatic heterocycles. The smallest absolute Gasteiger partial charge is 0.308 e. The van der Waals surface area contributed by atoms with Crippen molar-refractivity contribution >= 4 is 11.8 Å². The summed E-state index contributed by atoms with van der Waals surface area (Å²) in [5.41, 5.74) is 6.62. The number of nitrogens with two attached hydrogens (primary N) is 1. The van der Waals surface area contributed by atoms with E-state index in [0.717, 1.165) is 0 Å². The van der Waals surface area contributed by atoms with Crippen LogP contribution in [0.3, 0.4) is 0 Å². The lowest BCUT2D eigenvalue weighted by atomic mass is 10.2. The molecule has 11 heavy (non-hydrogen) atoms. The lowest BCUT2D eigenvalue weighted by molar-refractivity contribution is -0.136. The van der Waals surface area contributed by atoms with Crippen LogP contribution < -0.4 is 5.73 Å². The summed E-state index contributed by atoms with van der Waals surface area (Å²) in [7, 11) is 0. The van der Waals surface area contributed by atoms with Gasteiger partial charge in [0.2, 0.25) is 0 Å². The zero-order chi connectivity index (χ0) is 8.43. The molecular weight excluding hydrogens is 146 g/mol. The van der Waals surface area contributed by atoms with Gasteiger partial charge in [-0.1, -0.05) is 0 Å². The molecule has 0 bridgehead atoms. The monoisotopic (exact) mass is 155 g/mol. The van der Waals surface area contributed by atoms with Crippen molar-refractivity contribution in [3.63, 3.8) is 0 Å². The van der Waals surface area contributed by atoms with E-state index in [2.05, 4.69) is 10.2 Å². The van der Waals surface area contributed by atoms with E-state index in [1.54, 1.807) is 6.92 Å². The SMILES string of the molecule is Cc1n[nH]c(N)c1CC(=O)O. The van der Waals surface area contributed by atoms with E-state index in [9.17, 15) is 4.79 Å². The molecule has 0 unspecified atom stereocenters. The van der Waals surface area contributed by atoms with E-state index >= 15 is 0 Å². The van der Waals surface area contributed by atoms with Gasteiger partial charge in [0.1, 0.15) is 5.82 Å². The molecule has 5 nitrogen and oxygen atoms in total. The Hall–Kier alpha value is -1.52. The molecule has 0 atom stereocenters. The number of aromatic amines is 1. The van der Waals surface area contributed by atoms with Crippen LogP contribution in [-0.2, 0) is 11.2 Å². The van der Waals surface area contributed by atoms with Crippen LogP contribution in [0.1, 0.15) is 11.3 Å². The number of nitrogens with one attached hydrogen (secondary N) is 1. The summed E-state index contributed by atoms with van der Waals surface area (Å²) in [6.45, 7) is 1.71. The zero-order valence-electron chi connectivity index (χ0n) is 6.09. The summed E-state index contributed by atoms with van der Waals surface area (Å²) in [5, 5.41) is 14.7. The Balaban J connectivity index is 2.92. The number of carboxylic acids is 1. The van der Waals surface area contributed by atoms with Gasteiger partial charge in [-0.05, 0) is 6.92 Å². The van der Waals surface area contributed by atoms with Crippen molar-refractivity contribution in [3.8, 4) is 0 Å². The first-order valence-electron chi connectivity index (χ1n) is 3.12. The number of hydrogen-bond acceptors (Lipinski definition) is 3. The van der Waals surface area contributed by atoms with E-state index in [1.165, 1.54) is 0 Å². The fourth-order valence-electron chi connectivity index (χ4n) is 0.848. The molecule has 0 fully saturated rings. The standard InChI is InChI=1S/C6H9N3O2/c1-3-4(2-5(10)11)6(7)9-8-3/h2H2,1H3,(H,10,11)(H3,7,8,9). The van der Waals surface area contributed by atoms with E-state index in [0.29, 0.717) is 17.1 Å². The van der Waals surface area contributed by atoms with Crippen LogP contribution >= 0.6 is 0 Å². The normalized spacial score (nSPS) is 9.91. The molecule has 0 saturated heterocycles. The third kappa shape index (κ3) is 1.49. The molecule has 60 valence electrons. The Morgan fingerprint density at radius 1 is 1.82 bits per heavy atom. The number of rotatable bonds is 2. The molecule has 4 N–H and O–H groups in total. The van der Waals surface area contributed by atoms with Gasteiger partial charge in [-0.3, -0.25) is 9.89 Å². The van der Waals surface area contributed by atoms with Crippen molar-refractivity contribution in [1.29, 1.82) is 0 Å². The number of aromatic nitrogens is 2. The van der Waals surface area contributed by atoms with E-state index in [1.807, 2.05) is 0 Å². The molecule has 0 aromatic carbocycles. The quantitative estimate of drug-likeness (QED) is 0.557. The summed E-state index contributed by atoms with van der Waals surface area (Å²) < 4.78 is 0. The van der Waals surface area contributed by atoms with Gasteiger partial charge in [-0.25, -0.2) is 0 Å². The largest absolute Gasteiger partial charge is 0.481 e. The molecule has 0 spiro atoms. The van der Waals surface area contributed by atoms with Gasteiger partial charge >= 0.3 is 5.97 Å². The van der Waals surface area contributed by atoms with E-state index in [4.69, 9.17) is 10.8 Å². The van der Waals surface area contributed by atoms with Crippen LogP contribution in [0.2, 0.25) is 0 Å². The lowest BCUT2D eigenvalue weighted by Crippen LogP contribution is -2.03. The Morgan fingerprint density at radius 3 is 2.82 bits per heavy atom. The number of hydrogen-bond donors (Lipinski definition) is 3. The molecular formula is C6H9N3O2. The van der Waals surface area contributed by atoms with Crippen molar-refractivity contribution in [2.45, 2.75) is 13.3 Å². The molecule has 0 saturated carbocycles. The van der Waals surface area contributed by atoms with Gasteiger partial charge in [0.15, 0.2) is 0 Å². The van der Waals surface area contributed by atoms with Crippen LogP contribution in [0.4, 0.5) is 5.82 Å². The molecule has 1 rings (SSSR count). The summed E-state index contributed by atoms with van der Waals surface area (Å²) in [5.74, 6) is -0.564. The third-order valence-corrected chi connectivity index (χ3v) is 1.43. The summed E-state index contributed by atoms with van der Waals surface area (Å²) in [4.78, 5) is 10.3. The topological polar surface area (TPSA) is 92.0 Å². The summed E-state index contributed by atoms with van der Waals surface area (Å²) in [6, 6.07) is 0. The van der Waals surface area contributed by atoms with Gasteiger partial charge in [-0.15, -0.1) is 0 Å². The van der Waals surface area contributed by atoms with E-state index < -0.39 is 5.97 Å². The van der Waals surface area contributed by atoms with Crippen molar-refractivity contribution in [1.82, 2.24) is 10.2 Å². The molecule has 0 amide bonds. The summed E-state index contributed by atoms with van der Waals surface area (Å²) in [6.07, 6.45) is -0.0752. The van der Waals surface area contributed by atoms with Gasteiger partial charge in [0.25, 0.3) is 0 Å². The number of aryl methyl sites for hydroxylation is 1. The first kappa shape index (κ1) is 7.59. The predicted octanol–water partition coefficient (Wildman–Crippen LogP) is -0.0726. The second kappa shape index (κ2) is 2.61. The van der Waals surface area contributed by atoms with Gasteiger partial charge < -0.3 is 10.8 Å². The van der Waals surface area contributed by atoms with Crippen LogP contribution in [0, 0.1) is 6.92 Å². The first-order chi connectivity index (χ1) is 5.11. The second-order valence-electron chi connectivity index (χ2n) is 2.27. The minimum Gasteiger partial charge on any atom is -0.481 e. The average Bonchev–Trinajstić information content (AvgIpc) is 2.18. The molecule has 1 aromatic heterocycles. The highest BCUT2D eigenvalue weighted by molar-refractivity contribution is 5.72. The van der Waals surface area contributed by atoms with Crippen LogP contribution in [0.25, 0.3) is 0 Å². The fourth-order valence-corrected chi connectivity index (χ4v) is 0.848. The first-order valence-corrected chi connectivity index (χ1v) is 3.12. The maximum Gasteiger partial charge on any atom is 0.308 e. The van der Waals surface area contributed by atoms with Crippen LogP contribution in [0.15, 0.2) is 0 Å². The predicted molar refractivity (Wildman–Crippen MR) is 39.1 cm³/mol.